The summed E-state index contributed by atoms with van der Waals surface area (Å²) >= 11 is 0. The third-order valence-corrected chi connectivity index (χ3v) is 4.52. The summed E-state index contributed by atoms with van der Waals surface area (Å²) in [5.74, 6) is 0.932. The molecular formula is C22H25N3O5. The van der Waals surface area contributed by atoms with E-state index in [9.17, 15) is 14.4 Å². The van der Waals surface area contributed by atoms with Crippen LogP contribution >= 0.6 is 0 Å². The van der Waals surface area contributed by atoms with Crippen LogP contribution in [0.5, 0.6) is 11.5 Å². The SMILES string of the molecule is COc1ccc(OCC(=O)Nc2ccc(C(=O)NCCNC(=O)C3CC3)cc2)cc1. The highest BCUT2D eigenvalue weighted by molar-refractivity contribution is 5.96. The Morgan fingerprint density at radius 1 is 0.900 bits per heavy atom. The number of hydrogen-bond donors (Lipinski definition) is 3. The number of hydrogen-bond acceptors (Lipinski definition) is 5. The Bertz CT molecular complexity index is 877. The summed E-state index contributed by atoms with van der Waals surface area (Å²) < 4.78 is 10.5. The zero-order valence-electron chi connectivity index (χ0n) is 16.8. The average Bonchev–Trinajstić information content (AvgIpc) is 3.61. The van der Waals surface area contributed by atoms with Gasteiger partial charge in [0.25, 0.3) is 11.8 Å². The third kappa shape index (κ3) is 6.51. The molecule has 30 heavy (non-hydrogen) atoms. The zero-order valence-corrected chi connectivity index (χ0v) is 16.8. The van der Waals surface area contributed by atoms with Gasteiger partial charge in [-0.2, -0.15) is 0 Å². The van der Waals surface area contributed by atoms with Crippen molar-refractivity contribution >= 4 is 23.4 Å². The molecule has 8 heteroatoms. The van der Waals surface area contributed by atoms with Gasteiger partial charge in [-0.15, -0.1) is 0 Å². The van der Waals surface area contributed by atoms with E-state index in [0.29, 0.717) is 35.8 Å². The maximum absolute atomic E-state index is 12.1. The third-order valence-electron chi connectivity index (χ3n) is 4.52. The Morgan fingerprint density at radius 2 is 1.53 bits per heavy atom. The zero-order chi connectivity index (χ0) is 21.3. The molecule has 8 nitrogen and oxygen atoms in total. The molecule has 0 bridgehead atoms. The van der Waals surface area contributed by atoms with Gasteiger partial charge in [0.05, 0.1) is 7.11 Å². The Morgan fingerprint density at radius 3 is 2.17 bits per heavy atom. The molecule has 0 aromatic heterocycles. The minimum atomic E-state index is -0.311. The van der Waals surface area contributed by atoms with Crippen molar-refractivity contribution in [3.8, 4) is 11.5 Å². The van der Waals surface area contributed by atoms with Gasteiger partial charge in [0.1, 0.15) is 11.5 Å². The number of ether oxygens (including phenoxy) is 2. The van der Waals surface area contributed by atoms with Gasteiger partial charge in [-0.25, -0.2) is 0 Å². The van der Waals surface area contributed by atoms with Crippen LogP contribution in [0.3, 0.4) is 0 Å². The van der Waals surface area contributed by atoms with E-state index in [1.54, 1.807) is 55.6 Å². The standard InChI is InChI=1S/C22H25N3O5/c1-29-18-8-10-19(11-9-18)30-14-20(26)25-17-6-4-16(5-7-17)22(28)24-13-12-23-21(27)15-2-3-15/h4-11,15H,2-3,12-14H2,1H3,(H,23,27)(H,24,28)(H,25,26). The molecule has 0 radical (unpaired) electrons. The van der Waals surface area contributed by atoms with Crippen LogP contribution in [0, 0.1) is 5.92 Å². The van der Waals surface area contributed by atoms with E-state index in [4.69, 9.17) is 9.47 Å². The topological polar surface area (TPSA) is 106 Å². The molecule has 0 aliphatic heterocycles. The Labute approximate surface area is 174 Å². The quantitative estimate of drug-likeness (QED) is 0.519. The molecule has 3 rings (SSSR count). The maximum Gasteiger partial charge on any atom is 0.262 e. The maximum atomic E-state index is 12.1. The molecule has 2 aromatic rings. The number of carbonyl (C=O) groups is 3. The molecule has 0 saturated heterocycles. The van der Waals surface area contributed by atoms with E-state index >= 15 is 0 Å². The molecule has 1 aliphatic rings. The molecular weight excluding hydrogens is 386 g/mol. The van der Waals surface area contributed by atoms with Gasteiger partial charge in [-0.3, -0.25) is 14.4 Å². The number of methoxy groups -OCH3 is 1. The highest BCUT2D eigenvalue weighted by Gasteiger charge is 2.28. The lowest BCUT2D eigenvalue weighted by Crippen LogP contribution is -2.35. The largest absolute Gasteiger partial charge is 0.497 e. The van der Waals surface area contributed by atoms with Crippen molar-refractivity contribution in [3.05, 3.63) is 54.1 Å². The summed E-state index contributed by atoms with van der Waals surface area (Å²) in [5, 5.41) is 8.26. The average molecular weight is 411 g/mol. The highest BCUT2D eigenvalue weighted by atomic mass is 16.5. The van der Waals surface area contributed by atoms with Crippen LogP contribution in [-0.2, 0) is 9.59 Å². The van der Waals surface area contributed by atoms with Crippen LogP contribution in [-0.4, -0.2) is 44.5 Å². The normalized spacial score (nSPS) is 12.6. The monoisotopic (exact) mass is 411 g/mol. The molecule has 158 valence electrons. The van der Waals surface area contributed by atoms with Crippen LogP contribution in [0.15, 0.2) is 48.5 Å². The number of rotatable bonds is 10. The molecule has 1 fully saturated rings. The molecule has 2 aromatic carbocycles. The molecule has 0 atom stereocenters. The Hall–Kier alpha value is -3.55. The summed E-state index contributed by atoms with van der Waals surface area (Å²) in [5.41, 5.74) is 1.03. The van der Waals surface area contributed by atoms with Crippen molar-refractivity contribution in [2.75, 3.05) is 32.1 Å². The van der Waals surface area contributed by atoms with Gasteiger partial charge in [0.15, 0.2) is 6.61 Å². The first-order chi connectivity index (χ1) is 14.5. The van der Waals surface area contributed by atoms with E-state index in [1.807, 2.05) is 0 Å². The minimum Gasteiger partial charge on any atom is -0.497 e. The van der Waals surface area contributed by atoms with Gasteiger partial charge in [-0.05, 0) is 61.4 Å². The van der Waals surface area contributed by atoms with Crippen molar-refractivity contribution in [1.29, 1.82) is 0 Å². The summed E-state index contributed by atoms with van der Waals surface area (Å²) in [6, 6.07) is 13.5. The van der Waals surface area contributed by atoms with Gasteiger partial charge in [0, 0.05) is 30.3 Å². The molecule has 1 aliphatic carbocycles. The van der Waals surface area contributed by atoms with E-state index in [0.717, 1.165) is 12.8 Å². The molecule has 3 amide bonds. The highest BCUT2D eigenvalue weighted by Crippen LogP contribution is 2.28. The first-order valence-corrected chi connectivity index (χ1v) is 9.78. The van der Waals surface area contributed by atoms with Crippen molar-refractivity contribution in [2.24, 2.45) is 5.92 Å². The fourth-order valence-electron chi connectivity index (χ4n) is 2.68. The minimum absolute atomic E-state index is 0.0558. The fraction of sp³-hybridized carbons (Fsp3) is 0.318. The second kappa shape index (κ2) is 10.3. The van der Waals surface area contributed by atoms with Crippen molar-refractivity contribution in [2.45, 2.75) is 12.8 Å². The van der Waals surface area contributed by atoms with Crippen molar-refractivity contribution in [1.82, 2.24) is 10.6 Å². The van der Waals surface area contributed by atoms with Crippen LogP contribution in [0.4, 0.5) is 5.69 Å². The molecule has 0 heterocycles. The predicted molar refractivity (Wildman–Crippen MR) is 112 cm³/mol. The van der Waals surface area contributed by atoms with Crippen molar-refractivity contribution < 1.29 is 23.9 Å². The van der Waals surface area contributed by atoms with E-state index < -0.39 is 0 Å². The van der Waals surface area contributed by atoms with Gasteiger partial charge in [-0.1, -0.05) is 0 Å². The van der Waals surface area contributed by atoms with E-state index in [-0.39, 0.29) is 30.2 Å². The predicted octanol–water partition coefficient (Wildman–Crippen LogP) is 1.97. The lowest BCUT2D eigenvalue weighted by Gasteiger charge is -2.09. The van der Waals surface area contributed by atoms with E-state index in [2.05, 4.69) is 16.0 Å². The summed E-state index contributed by atoms with van der Waals surface area (Å²) in [4.78, 5) is 35.7. The van der Waals surface area contributed by atoms with Gasteiger partial charge < -0.3 is 25.4 Å². The Balaban J connectivity index is 1.37. The van der Waals surface area contributed by atoms with Crippen LogP contribution in [0.2, 0.25) is 0 Å². The fourth-order valence-corrected chi connectivity index (χ4v) is 2.68. The molecule has 3 N–H and O–H groups in total. The first kappa shape index (κ1) is 21.2. The van der Waals surface area contributed by atoms with Gasteiger partial charge >= 0.3 is 0 Å². The Kier molecular flexibility index (Phi) is 7.26. The van der Waals surface area contributed by atoms with Crippen molar-refractivity contribution in [3.63, 3.8) is 0 Å². The lowest BCUT2D eigenvalue weighted by molar-refractivity contribution is -0.122. The molecule has 0 unspecified atom stereocenters. The first-order valence-electron chi connectivity index (χ1n) is 9.78. The summed E-state index contributed by atoms with van der Waals surface area (Å²) in [6.07, 6.45) is 1.91. The molecule has 1 saturated carbocycles. The summed E-state index contributed by atoms with van der Waals surface area (Å²) in [7, 11) is 1.58. The number of carbonyl (C=O) groups excluding carboxylic acids is 3. The second-order valence-corrected chi connectivity index (χ2v) is 6.91. The van der Waals surface area contributed by atoms with E-state index in [1.165, 1.54) is 0 Å². The number of nitrogens with one attached hydrogen (secondary N) is 3. The van der Waals surface area contributed by atoms with Crippen LogP contribution in [0.25, 0.3) is 0 Å². The molecule has 0 spiro atoms. The number of amides is 3. The smallest absolute Gasteiger partial charge is 0.262 e. The summed E-state index contributed by atoms with van der Waals surface area (Å²) in [6.45, 7) is 0.628. The number of benzene rings is 2. The number of anilines is 1. The van der Waals surface area contributed by atoms with Crippen LogP contribution < -0.4 is 25.4 Å². The van der Waals surface area contributed by atoms with Crippen LogP contribution in [0.1, 0.15) is 23.2 Å². The lowest BCUT2D eigenvalue weighted by atomic mass is 10.2. The second-order valence-electron chi connectivity index (χ2n) is 6.91. The van der Waals surface area contributed by atoms with Gasteiger partial charge in [0.2, 0.25) is 5.91 Å².